The molecule has 1 aromatic rings. The topological polar surface area (TPSA) is 23.9 Å². The molecule has 1 N–H and O–H groups in total. The zero-order chi connectivity index (χ0) is 15.2. The third-order valence-electron chi connectivity index (χ3n) is 2.86. The van der Waals surface area contributed by atoms with Crippen LogP contribution in [0.25, 0.3) is 5.57 Å². The molecule has 0 heterocycles. The number of allylic oxidation sites excluding steroid dienone is 4. The summed E-state index contributed by atoms with van der Waals surface area (Å²) in [5, 5.41) is 6.99. The van der Waals surface area contributed by atoms with Gasteiger partial charge in [-0.25, -0.2) is 0 Å². The summed E-state index contributed by atoms with van der Waals surface area (Å²) in [5.74, 6) is 0. The maximum atomic E-state index is 12.9. The average molecular weight is 281 g/mol. The van der Waals surface area contributed by atoms with Crippen LogP contribution in [0.4, 0.5) is 13.2 Å². The van der Waals surface area contributed by atoms with E-state index in [0.717, 1.165) is 18.7 Å². The minimum Gasteiger partial charge on any atom is -0.309 e. The van der Waals surface area contributed by atoms with Gasteiger partial charge in [-0.2, -0.15) is 13.2 Å². The van der Waals surface area contributed by atoms with Gasteiger partial charge in [0.2, 0.25) is 0 Å². The number of hydrogen-bond donors (Lipinski definition) is 1. The fourth-order valence-electron chi connectivity index (χ4n) is 1.88. The number of benzene rings is 1. The molecule has 0 fully saturated rings. The van der Waals surface area contributed by atoms with Crippen molar-refractivity contribution in [1.82, 2.24) is 0 Å². The highest BCUT2D eigenvalue weighted by Gasteiger charge is 2.31. The van der Waals surface area contributed by atoms with Crippen molar-refractivity contribution in [2.75, 3.05) is 0 Å². The molecule has 1 rings (SSSR count). The molecular formula is C16H18F3N. The molecule has 0 aliphatic carbocycles. The fourth-order valence-corrected chi connectivity index (χ4v) is 1.88. The van der Waals surface area contributed by atoms with Gasteiger partial charge in [0.05, 0.1) is 5.56 Å². The van der Waals surface area contributed by atoms with E-state index in [1.165, 1.54) is 12.1 Å². The van der Waals surface area contributed by atoms with Crippen molar-refractivity contribution >= 4 is 11.8 Å². The van der Waals surface area contributed by atoms with Gasteiger partial charge in [0, 0.05) is 6.21 Å². The van der Waals surface area contributed by atoms with Crippen LogP contribution in [0.2, 0.25) is 0 Å². The normalized spacial score (nSPS) is 12.9. The summed E-state index contributed by atoms with van der Waals surface area (Å²) in [5.41, 5.74) is 1.27. The first-order valence-electron chi connectivity index (χ1n) is 6.51. The second-order valence-electron chi connectivity index (χ2n) is 4.36. The zero-order valence-corrected chi connectivity index (χ0v) is 11.6. The van der Waals surface area contributed by atoms with Crippen LogP contribution in [-0.2, 0) is 12.6 Å². The van der Waals surface area contributed by atoms with Crippen LogP contribution in [0.15, 0.2) is 36.4 Å². The van der Waals surface area contributed by atoms with Crippen LogP contribution >= 0.6 is 0 Å². The van der Waals surface area contributed by atoms with E-state index >= 15 is 0 Å². The van der Waals surface area contributed by atoms with Crippen LogP contribution < -0.4 is 0 Å². The van der Waals surface area contributed by atoms with Gasteiger partial charge in [-0.15, -0.1) is 0 Å². The van der Waals surface area contributed by atoms with E-state index in [4.69, 9.17) is 5.41 Å². The molecule has 1 aromatic carbocycles. The number of halogens is 3. The number of hydrogen-bond acceptors (Lipinski definition) is 1. The highest BCUT2D eigenvalue weighted by molar-refractivity contribution is 5.80. The lowest BCUT2D eigenvalue weighted by Crippen LogP contribution is -2.06. The molecule has 0 aliphatic heterocycles. The Hall–Kier alpha value is -1.84. The predicted octanol–water partition coefficient (Wildman–Crippen LogP) is 5.27. The molecule has 0 bridgehead atoms. The van der Waals surface area contributed by atoms with Crippen molar-refractivity contribution in [2.45, 2.75) is 32.9 Å². The molecule has 0 saturated heterocycles. The van der Waals surface area contributed by atoms with Gasteiger partial charge in [0.25, 0.3) is 0 Å². The Labute approximate surface area is 117 Å². The third-order valence-corrected chi connectivity index (χ3v) is 2.86. The van der Waals surface area contributed by atoms with Gasteiger partial charge in [-0.1, -0.05) is 32.1 Å². The number of nitrogens with one attached hydrogen (secondary N) is 1. The average Bonchev–Trinajstić information content (AvgIpc) is 2.42. The molecule has 0 amide bonds. The van der Waals surface area contributed by atoms with Crippen molar-refractivity contribution in [3.63, 3.8) is 0 Å². The van der Waals surface area contributed by atoms with Crippen LogP contribution in [0, 0.1) is 5.41 Å². The monoisotopic (exact) mass is 281 g/mol. The summed E-state index contributed by atoms with van der Waals surface area (Å²) in [6.07, 6.45) is 3.05. The van der Waals surface area contributed by atoms with Crippen LogP contribution in [0.3, 0.4) is 0 Å². The van der Waals surface area contributed by atoms with Gasteiger partial charge < -0.3 is 5.41 Å². The third kappa shape index (κ3) is 4.37. The molecule has 1 nitrogen and oxygen atoms in total. The molecule has 0 saturated carbocycles. The molecule has 20 heavy (non-hydrogen) atoms. The van der Waals surface area contributed by atoms with Gasteiger partial charge in [-0.3, -0.25) is 0 Å². The number of rotatable bonds is 5. The number of aryl methyl sites for hydroxylation is 1. The van der Waals surface area contributed by atoms with Crippen molar-refractivity contribution in [3.05, 3.63) is 53.1 Å². The minimum atomic E-state index is -4.34. The standard InChI is InChI=1S/C16H18F3N/c1-3-6-13(7-5-8-20)14-9-12(4-2)10-15(11-14)16(17,18)19/h5-11,20H,3-4H2,1-2H3/b7-5-,13-6-,20-8?. The first-order valence-corrected chi connectivity index (χ1v) is 6.51. The highest BCUT2D eigenvalue weighted by atomic mass is 19.4. The Balaban J connectivity index is 3.38. The van der Waals surface area contributed by atoms with E-state index < -0.39 is 11.7 Å². The van der Waals surface area contributed by atoms with E-state index in [-0.39, 0.29) is 0 Å². The molecule has 0 aromatic heterocycles. The Bertz CT molecular complexity index is 525. The molecule has 0 radical (unpaired) electrons. The Morgan fingerprint density at radius 3 is 2.40 bits per heavy atom. The molecule has 4 heteroatoms. The summed E-state index contributed by atoms with van der Waals surface area (Å²) in [6.45, 7) is 3.75. The second-order valence-corrected chi connectivity index (χ2v) is 4.36. The smallest absolute Gasteiger partial charge is 0.309 e. The maximum Gasteiger partial charge on any atom is 0.416 e. The van der Waals surface area contributed by atoms with Crippen LogP contribution in [-0.4, -0.2) is 6.21 Å². The predicted molar refractivity (Wildman–Crippen MR) is 77.0 cm³/mol. The minimum absolute atomic E-state index is 0.539. The first-order chi connectivity index (χ1) is 9.42. The summed E-state index contributed by atoms with van der Waals surface area (Å²) in [4.78, 5) is 0. The van der Waals surface area contributed by atoms with E-state index in [1.807, 2.05) is 19.9 Å². The molecule has 0 atom stereocenters. The summed E-state index contributed by atoms with van der Waals surface area (Å²) in [6, 6.07) is 4.12. The summed E-state index contributed by atoms with van der Waals surface area (Å²) >= 11 is 0. The molecule has 0 unspecified atom stereocenters. The van der Waals surface area contributed by atoms with Gasteiger partial charge in [0.1, 0.15) is 0 Å². The first kappa shape index (κ1) is 16.2. The Kier molecular flexibility index (Phi) is 5.74. The van der Waals surface area contributed by atoms with E-state index in [9.17, 15) is 13.2 Å². The summed E-state index contributed by atoms with van der Waals surface area (Å²) < 4.78 is 38.7. The molecular weight excluding hydrogens is 263 g/mol. The quantitative estimate of drug-likeness (QED) is 0.562. The molecule has 0 aliphatic rings. The van der Waals surface area contributed by atoms with Crippen molar-refractivity contribution < 1.29 is 13.2 Å². The van der Waals surface area contributed by atoms with Crippen LogP contribution in [0.5, 0.6) is 0 Å². The second kappa shape index (κ2) is 7.08. The van der Waals surface area contributed by atoms with Gasteiger partial charge in [-0.05, 0) is 47.8 Å². The van der Waals surface area contributed by atoms with Crippen molar-refractivity contribution in [1.29, 1.82) is 5.41 Å². The largest absolute Gasteiger partial charge is 0.416 e. The number of alkyl halides is 3. The van der Waals surface area contributed by atoms with Crippen molar-refractivity contribution in [2.24, 2.45) is 0 Å². The van der Waals surface area contributed by atoms with E-state index in [0.29, 0.717) is 23.1 Å². The Morgan fingerprint density at radius 1 is 1.20 bits per heavy atom. The Morgan fingerprint density at radius 2 is 1.90 bits per heavy atom. The summed E-state index contributed by atoms with van der Waals surface area (Å²) in [7, 11) is 0. The van der Waals surface area contributed by atoms with E-state index in [2.05, 4.69) is 0 Å². The highest BCUT2D eigenvalue weighted by Crippen LogP contribution is 2.32. The lowest BCUT2D eigenvalue weighted by Gasteiger charge is -2.12. The molecule has 108 valence electrons. The SMILES string of the molecule is CC/C=C(/C=C\C=N)c1cc(CC)cc(C(F)(F)F)c1. The van der Waals surface area contributed by atoms with Crippen molar-refractivity contribution in [3.8, 4) is 0 Å². The lowest BCUT2D eigenvalue weighted by molar-refractivity contribution is -0.137. The molecule has 0 spiro atoms. The lowest BCUT2D eigenvalue weighted by atomic mass is 9.97. The zero-order valence-electron chi connectivity index (χ0n) is 11.6. The van der Waals surface area contributed by atoms with Gasteiger partial charge in [0.15, 0.2) is 0 Å². The van der Waals surface area contributed by atoms with Crippen LogP contribution in [0.1, 0.15) is 37.0 Å². The van der Waals surface area contributed by atoms with E-state index in [1.54, 1.807) is 12.1 Å². The fraction of sp³-hybridized carbons (Fsp3) is 0.312. The van der Waals surface area contributed by atoms with Gasteiger partial charge >= 0.3 is 6.18 Å². The maximum absolute atomic E-state index is 12.9.